The lowest BCUT2D eigenvalue weighted by Gasteiger charge is -2.39. The van der Waals surface area contributed by atoms with Crippen LogP contribution in [0.15, 0.2) is 66.7 Å². The van der Waals surface area contributed by atoms with E-state index in [1.807, 2.05) is 30.0 Å². The molecule has 2 aromatic carbocycles. The predicted molar refractivity (Wildman–Crippen MR) is 140 cm³/mol. The van der Waals surface area contributed by atoms with Crippen molar-refractivity contribution in [1.82, 2.24) is 9.88 Å². The topological polar surface area (TPSA) is 36.4 Å². The summed E-state index contributed by atoms with van der Waals surface area (Å²) in [5.41, 5.74) is 4.58. The highest BCUT2D eigenvalue weighted by Gasteiger charge is 2.46. The number of carbonyl (C=O) groups excluding carboxylic acids is 1. The number of carbonyl (C=O) groups is 1. The first-order valence-corrected chi connectivity index (χ1v) is 12.4. The molecule has 0 unspecified atom stereocenters. The van der Waals surface area contributed by atoms with E-state index >= 15 is 0 Å². The summed E-state index contributed by atoms with van der Waals surface area (Å²) in [6.07, 6.45) is 6.38. The number of likely N-dealkylation sites (tertiary alicyclic amines) is 1. The van der Waals surface area contributed by atoms with Gasteiger partial charge in [-0.05, 0) is 74.3 Å². The number of hydrogen-bond donors (Lipinski definition) is 0. The predicted octanol–water partition coefficient (Wildman–Crippen LogP) is 6.40. The van der Waals surface area contributed by atoms with Crippen molar-refractivity contribution in [3.63, 3.8) is 0 Å². The molecule has 0 bridgehead atoms. The highest BCUT2D eigenvalue weighted by atomic mass is 35.5. The van der Waals surface area contributed by atoms with E-state index in [2.05, 4.69) is 52.4 Å². The summed E-state index contributed by atoms with van der Waals surface area (Å²) < 4.78 is 0. The molecule has 0 saturated carbocycles. The van der Waals surface area contributed by atoms with E-state index in [9.17, 15) is 4.79 Å². The van der Waals surface area contributed by atoms with Gasteiger partial charge in [-0.3, -0.25) is 9.69 Å². The second-order valence-electron chi connectivity index (χ2n) is 9.27. The second kappa shape index (κ2) is 9.53. The van der Waals surface area contributed by atoms with Crippen LogP contribution in [0.5, 0.6) is 0 Å². The Bertz CT molecular complexity index is 1210. The van der Waals surface area contributed by atoms with Crippen molar-refractivity contribution >= 4 is 40.9 Å². The Kier molecular flexibility index (Phi) is 6.48. The van der Waals surface area contributed by atoms with Gasteiger partial charge in [0.05, 0.1) is 0 Å². The molecule has 3 heterocycles. The van der Waals surface area contributed by atoms with Crippen molar-refractivity contribution in [2.75, 3.05) is 31.1 Å². The molecule has 174 valence electrons. The van der Waals surface area contributed by atoms with Crippen LogP contribution >= 0.6 is 23.2 Å². The normalized spacial score (nSPS) is 17.4. The average molecular weight is 492 g/mol. The molecule has 0 radical (unpaired) electrons. The average Bonchev–Trinajstić information content (AvgIpc) is 3.13. The van der Waals surface area contributed by atoms with Crippen LogP contribution in [0.25, 0.3) is 6.08 Å². The molecule has 6 heteroatoms. The standard InChI is InChI=1S/C28H27Cl2N3O/c1-20-16-22(17-26(30)31-20)27(34)33-19-28(24-18-23(29)9-10-25(24)33)11-14-32(15-12-28)13-5-8-21-6-3-2-4-7-21/h2-10,16-18H,11-15,19H2,1H3/b8-5+. The first-order chi connectivity index (χ1) is 16.4. The number of fused-ring (bicyclic) bond motifs is 2. The third kappa shape index (κ3) is 4.63. The fraction of sp³-hybridized carbons (Fsp3) is 0.286. The van der Waals surface area contributed by atoms with Gasteiger partial charge in [0.15, 0.2) is 0 Å². The number of aryl methyl sites for hydroxylation is 1. The molecule has 0 N–H and O–H groups in total. The Labute approximate surface area is 210 Å². The van der Waals surface area contributed by atoms with Crippen molar-refractivity contribution in [2.45, 2.75) is 25.2 Å². The molecule has 3 aromatic rings. The zero-order chi connectivity index (χ0) is 23.7. The van der Waals surface area contributed by atoms with Gasteiger partial charge in [-0.1, -0.05) is 65.7 Å². The molecule has 1 aromatic heterocycles. The molecule has 0 atom stereocenters. The van der Waals surface area contributed by atoms with Gasteiger partial charge < -0.3 is 4.90 Å². The molecule has 5 rings (SSSR count). The molecule has 1 fully saturated rings. The van der Waals surface area contributed by atoms with Crippen LogP contribution in [0.3, 0.4) is 0 Å². The van der Waals surface area contributed by atoms with E-state index < -0.39 is 0 Å². The van der Waals surface area contributed by atoms with Crippen molar-refractivity contribution in [3.05, 3.63) is 99.3 Å². The number of amides is 1. The molecule has 4 nitrogen and oxygen atoms in total. The molecule has 1 saturated heterocycles. The minimum atomic E-state index is -0.0819. The van der Waals surface area contributed by atoms with Crippen LogP contribution in [0, 0.1) is 6.92 Å². The molecule has 1 spiro atoms. The molecule has 1 amide bonds. The Balaban J connectivity index is 1.34. The molecular formula is C28H27Cl2N3O. The van der Waals surface area contributed by atoms with E-state index in [1.165, 1.54) is 11.1 Å². The Morgan fingerprint density at radius 1 is 1.06 bits per heavy atom. The second-order valence-corrected chi connectivity index (χ2v) is 10.1. The highest BCUT2D eigenvalue weighted by molar-refractivity contribution is 6.31. The number of halogens is 2. The minimum Gasteiger partial charge on any atom is -0.307 e. The van der Waals surface area contributed by atoms with E-state index in [0.717, 1.165) is 43.9 Å². The smallest absolute Gasteiger partial charge is 0.258 e. The first kappa shape index (κ1) is 23.1. The first-order valence-electron chi connectivity index (χ1n) is 11.6. The van der Waals surface area contributed by atoms with Gasteiger partial charge in [-0.2, -0.15) is 0 Å². The van der Waals surface area contributed by atoms with Gasteiger partial charge in [-0.15, -0.1) is 0 Å². The van der Waals surface area contributed by atoms with Gasteiger partial charge in [0, 0.05) is 40.5 Å². The van der Waals surface area contributed by atoms with Crippen molar-refractivity contribution < 1.29 is 4.79 Å². The molecule has 2 aliphatic heterocycles. The number of benzene rings is 2. The van der Waals surface area contributed by atoms with Crippen molar-refractivity contribution in [3.8, 4) is 0 Å². The Morgan fingerprint density at radius 3 is 2.56 bits per heavy atom. The number of pyridine rings is 1. The summed E-state index contributed by atoms with van der Waals surface area (Å²) in [5, 5.41) is 1.05. The maximum Gasteiger partial charge on any atom is 0.258 e. The third-order valence-corrected chi connectivity index (χ3v) is 7.41. The van der Waals surface area contributed by atoms with Crippen LogP contribution in [0.2, 0.25) is 10.2 Å². The summed E-state index contributed by atoms with van der Waals surface area (Å²) in [7, 11) is 0. The summed E-state index contributed by atoms with van der Waals surface area (Å²) in [6, 6.07) is 19.7. The van der Waals surface area contributed by atoms with E-state index in [-0.39, 0.29) is 11.3 Å². The van der Waals surface area contributed by atoms with Gasteiger partial charge in [0.25, 0.3) is 5.91 Å². The number of rotatable bonds is 4. The number of hydrogen-bond acceptors (Lipinski definition) is 3. The summed E-state index contributed by atoms with van der Waals surface area (Å²) in [4.78, 5) is 22.1. The summed E-state index contributed by atoms with van der Waals surface area (Å²) in [5.74, 6) is -0.0407. The zero-order valence-corrected chi connectivity index (χ0v) is 20.7. The summed E-state index contributed by atoms with van der Waals surface area (Å²) >= 11 is 12.6. The van der Waals surface area contributed by atoms with Crippen LogP contribution in [-0.2, 0) is 5.41 Å². The van der Waals surface area contributed by atoms with Gasteiger partial charge in [0.2, 0.25) is 0 Å². The molecule has 2 aliphatic rings. The lowest BCUT2D eigenvalue weighted by Crippen LogP contribution is -2.46. The fourth-order valence-corrected chi connectivity index (χ4v) is 5.65. The number of aromatic nitrogens is 1. The Hall–Kier alpha value is -2.66. The third-order valence-electron chi connectivity index (χ3n) is 6.98. The van der Waals surface area contributed by atoms with E-state index in [1.54, 1.807) is 12.1 Å². The monoisotopic (exact) mass is 491 g/mol. The zero-order valence-electron chi connectivity index (χ0n) is 19.2. The van der Waals surface area contributed by atoms with Crippen molar-refractivity contribution in [2.24, 2.45) is 0 Å². The van der Waals surface area contributed by atoms with Gasteiger partial charge in [-0.25, -0.2) is 4.98 Å². The van der Waals surface area contributed by atoms with Crippen molar-refractivity contribution in [1.29, 1.82) is 0 Å². The van der Waals surface area contributed by atoms with Crippen LogP contribution in [-0.4, -0.2) is 42.0 Å². The summed E-state index contributed by atoms with van der Waals surface area (Å²) in [6.45, 7) is 5.39. The lowest BCUT2D eigenvalue weighted by atomic mass is 9.74. The van der Waals surface area contributed by atoms with Crippen LogP contribution in [0.1, 0.15) is 40.0 Å². The molecule has 34 heavy (non-hydrogen) atoms. The minimum absolute atomic E-state index is 0.0407. The molecular weight excluding hydrogens is 465 g/mol. The Morgan fingerprint density at radius 2 is 1.82 bits per heavy atom. The number of nitrogens with zero attached hydrogens (tertiary/aromatic N) is 3. The largest absolute Gasteiger partial charge is 0.307 e. The van der Waals surface area contributed by atoms with Gasteiger partial charge in [0.1, 0.15) is 5.15 Å². The van der Waals surface area contributed by atoms with E-state index in [0.29, 0.717) is 22.3 Å². The lowest BCUT2D eigenvalue weighted by molar-refractivity contribution is 0.0977. The quantitative estimate of drug-likeness (QED) is 0.395. The SMILES string of the molecule is Cc1cc(C(=O)N2CC3(CCN(C/C=C/c4ccccc4)CC3)c3cc(Cl)ccc32)cc(Cl)n1. The molecule has 0 aliphatic carbocycles. The van der Waals surface area contributed by atoms with E-state index in [4.69, 9.17) is 23.2 Å². The maximum absolute atomic E-state index is 13.6. The number of anilines is 1. The van der Waals surface area contributed by atoms with Crippen LogP contribution < -0.4 is 4.90 Å². The van der Waals surface area contributed by atoms with Gasteiger partial charge >= 0.3 is 0 Å². The maximum atomic E-state index is 13.6. The van der Waals surface area contributed by atoms with Crippen LogP contribution in [0.4, 0.5) is 5.69 Å². The number of piperidine rings is 1. The fourth-order valence-electron chi connectivity index (χ4n) is 5.22. The highest BCUT2D eigenvalue weighted by Crippen LogP contribution is 2.48.